The van der Waals surface area contributed by atoms with Crippen LogP contribution in [0.5, 0.6) is 5.75 Å². The molecule has 1 aliphatic rings. The van der Waals surface area contributed by atoms with E-state index in [9.17, 15) is 13.2 Å². The van der Waals surface area contributed by atoms with Gasteiger partial charge in [0.1, 0.15) is 11.3 Å². The summed E-state index contributed by atoms with van der Waals surface area (Å²) in [7, 11) is -1.04. The van der Waals surface area contributed by atoms with E-state index in [1.165, 1.54) is 32.4 Å². The molecule has 1 unspecified atom stereocenters. The molecule has 8 heteroatoms. The molecule has 1 aromatic rings. The monoisotopic (exact) mass is 328 g/mol. The number of hydrogen-bond acceptors (Lipinski definition) is 6. The highest BCUT2D eigenvalue weighted by Gasteiger charge is 2.23. The smallest absolute Gasteiger partial charge is 0.341 e. The highest BCUT2D eigenvalue weighted by molar-refractivity contribution is 7.89. The molecule has 0 saturated carbocycles. The molecule has 2 N–H and O–H groups in total. The zero-order valence-electron chi connectivity index (χ0n) is 12.6. The highest BCUT2D eigenvalue weighted by Crippen LogP contribution is 2.24. The highest BCUT2D eigenvalue weighted by atomic mass is 32.2. The minimum atomic E-state index is -3.66. The minimum Gasteiger partial charge on any atom is -0.496 e. The first-order chi connectivity index (χ1) is 10.5. The molecule has 0 amide bonds. The van der Waals surface area contributed by atoms with Crippen molar-refractivity contribution in [1.82, 2.24) is 10.0 Å². The molecule has 1 aromatic carbocycles. The molecule has 2 rings (SSSR count). The molecule has 0 aromatic heterocycles. The fraction of sp³-hybridized carbons (Fsp3) is 0.500. The maximum Gasteiger partial charge on any atom is 0.341 e. The largest absolute Gasteiger partial charge is 0.496 e. The number of nitrogens with one attached hydrogen (secondary N) is 2. The van der Waals surface area contributed by atoms with Gasteiger partial charge in [-0.3, -0.25) is 0 Å². The lowest BCUT2D eigenvalue weighted by molar-refractivity contribution is 0.0597. The number of sulfonamides is 1. The van der Waals surface area contributed by atoms with Crippen LogP contribution in [0, 0.1) is 0 Å². The van der Waals surface area contributed by atoms with Gasteiger partial charge in [-0.2, -0.15) is 0 Å². The first kappa shape index (κ1) is 16.7. The Labute approximate surface area is 130 Å². The van der Waals surface area contributed by atoms with Crippen LogP contribution in [-0.2, 0) is 14.8 Å². The predicted octanol–water partition coefficient (Wildman–Crippen LogP) is 0.512. The molecule has 1 atom stereocenters. The number of piperidine rings is 1. The van der Waals surface area contributed by atoms with E-state index in [4.69, 9.17) is 4.74 Å². The molecule has 1 saturated heterocycles. The lowest BCUT2D eigenvalue weighted by atomic mass is 10.1. The van der Waals surface area contributed by atoms with Crippen LogP contribution in [0.3, 0.4) is 0 Å². The summed E-state index contributed by atoms with van der Waals surface area (Å²) in [6, 6.07) is 3.95. The number of carbonyl (C=O) groups excluding carboxylic acids is 1. The molecule has 1 heterocycles. The third-order valence-corrected chi connectivity index (χ3v) is 5.03. The molecule has 1 fully saturated rings. The molecular formula is C14H20N2O5S. The number of esters is 1. The van der Waals surface area contributed by atoms with Crippen molar-refractivity contribution in [3.63, 3.8) is 0 Å². The van der Waals surface area contributed by atoms with Gasteiger partial charge >= 0.3 is 5.97 Å². The number of carbonyl (C=O) groups is 1. The van der Waals surface area contributed by atoms with Crippen LogP contribution in [-0.4, -0.2) is 47.7 Å². The second-order valence-corrected chi connectivity index (χ2v) is 6.73. The second kappa shape index (κ2) is 7.08. The van der Waals surface area contributed by atoms with Gasteiger partial charge < -0.3 is 14.8 Å². The normalized spacial score (nSPS) is 18.7. The van der Waals surface area contributed by atoms with Gasteiger partial charge in [-0.15, -0.1) is 0 Å². The lowest BCUT2D eigenvalue weighted by Crippen LogP contribution is -2.45. The fourth-order valence-corrected chi connectivity index (χ4v) is 3.64. The Hall–Kier alpha value is -1.64. The van der Waals surface area contributed by atoms with E-state index in [2.05, 4.69) is 14.8 Å². The van der Waals surface area contributed by atoms with Crippen molar-refractivity contribution >= 4 is 16.0 Å². The van der Waals surface area contributed by atoms with E-state index in [1.54, 1.807) is 0 Å². The average Bonchev–Trinajstić information content (AvgIpc) is 2.54. The van der Waals surface area contributed by atoms with E-state index < -0.39 is 16.0 Å². The second-order valence-electron chi connectivity index (χ2n) is 5.02. The average molecular weight is 328 g/mol. The number of rotatable bonds is 5. The molecule has 22 heavy (non-hydrogen) atoms. The molecule has 7 nitrogen and oxygen atoms in total. The van der Waals surface area contributed by atoms with Crippen molar-refractivity contribution in [2.24, 2.45) is 0 Å². The van der Waals surface area contributed by atoms with Crippen molar-refractivity contribution in [3.8, 4) is 5.75 Å². The SMILES string of the molecule is COC(=O)c1ccc(S(=O)(=O)NC2CCCNC2)cc1OC. The summed E-state index contributed by atoms with van der Waals surface area (Å²) in [6.45, 7) is 1.51. The van der Waals surface area contributed by atoms with E-state index in [0.29, 0.717) is 6.54 Å². The van der Waals surface area contributed by atoms with E-state index in [1.807, 2.05) is 0 Å². The van der Waals surface area contributed by atoms with Gasteiger partial charge in [0, 0.05) is 18.7 Å². The fourth-order valence-electron chi connectivity index (χ4n) is 2.36. The molecule has 0 radical (unpaired) electrons. The van der Waals surface area contributed by atoms with E-state index in [0.717, 1.165) is 19.4 Å². The van der Waals surface area contributed by atoms with Gasteiger partial charge in [0.25, 0.3) is 0 Å². The van der Waals surface area contributed by atoms with Crippen molar-refractivity contribution < 1.29 is 22.7 Å². The van der Waals surface area contributed by atoms with Crippen LogP contribution in [0.1, 0.15) is 23.2 Å². The van der Waals surface area contributed by atoms with Crippen LogP contribution in [0.4, 0.5) is 0 Å². The topological polar surface area (TPSA) is 93.7 Å². The summed E-state index contributed by atoms with van der Waals surface area (Å²) in [5.74, 6) is -0.415. The Morgan fingerprint density at radius 3 is 2.73 bits per heavy atom. The molecule has 0 spiro atoms. The molecule has 122 valence electrons. The van der Waals surface area contributed by atoms with Crippen molar-refractivity contribution in [3.05, 3.63) is 23.8 Å². The summed E-state index contributed by atoms with van der Waals surface area (Å²) in [5, 5.41) is 3.15. The third-order valence-electron chi connectivity index (χ3n) is 3.51. The van der Waals surface area contributed by atoms with E-state index in [-0.39, 0.29) is 22.3 Å². The number of hydrogen-bond donors (Lipinski definition) is 2. The van der Waals surface area contributed by atoms with Crippen LogP contribution in [0.25, 0.3) is 0 Å². The van der Waals surface area contributed by atoms with Crippen molar-refractivity contribution in [2.45, 2.75) is 23.8 Å². The number of benzene rings is 1. The molecular weight excluding hydrogens is 308 g/mol. The maximum absolute atomic E-state index is 12.4. The standard InChI is InChI=1S/C14H20N2O5S/c1-20-13-8-11(5-6-12(13)14(17)21-2)22(18,19)16-10-4-3-7-15-9-10/h5-6,8,10,15-16H,3-4,7,9H2,1-2H3. The maximum atomic E-state index is 12.4. The lowest BCUT2D eigenvalue weighted by Gasteiger charge is -2.23. The van der Waals surface area contributed by atoms with Gasteiger partial charge in [0.15, 0.2) is 0 Å². The van der Waals surface area contributed by atoms with Crippen LogP contribution >= 0.6 is 0 Å². The Bertz CT molecular complexity index is 639. The summed E-state index contributed by atoms with van der Waals surface area (Å²) in [4.78, 5) is 11.7. The summed E-state index contributed by atoms with van der Waals surface area (Å²) in [5.41, 5.74) is 0.184. The molecule has 1 aliphatic heterocycles. The Kier molecular flexibility index (Phi) is 5.38. The van der Waals surface area contributed by atoms with Gasteiger partial charge in [-0.25, -0.2) is 17.9 Å². The van der Waals surface area contributed by atoms with Gasteiger partial charge in [0.05, 0.1) is 19.1 Å². The van der Waals surface area contributed by atoms with E-state index >= 15 is 0 Å². The Morgan fingerprint density at radius 1 is 1.36 bits per heavy atom. The first-order valence-corrected chi connectivity index (χ1v) is 8.45. The van der Waals surface area contributed by atoms with Crippen LogP contribution < -0.4 is 14.8 Å². The summed E-state index contributed by atoms with van der Waals surface area (Å²) in [6.07, 6.45) is 1.72. The minimum absolute atomic E-state index is 0.0579. The third kappa shape index (κ3) is 3.76. The summed E-state index contributed by atoms with van der Waals surface area (Å²) >= 11 is 0. The number of ether oxygens (including phenoxy) is 2. The Morgan fingerprint density at radius 2 is 2.14 bits per heavy atom. The van der Waals surface area contributed by atoms with Crippen LogP contribution in [0.15, 0.2) is 23.1 Å². The van der Waals surface area contributed by atoms with Gasteiger partial charge in [-0.1, -0.05) is 0 Å². The first-order valence-electron chi connectivity index (χ1n) is 6.97. The Balaban J connectivity index is 2.25. The van der Waals surface area contributed by atoms with Crippen LogP contribution in [0.2, 0.25) is 0 Å². The molecule has 0 aliphatic carbocycles. The zero-order chi connectivity index (χ0) is 16.2. The van der Waals surface area contributed by atoms with Gasteiger partial charge in [-0.05, 0) is 31.5 Å². The quantitative estimate of drug-likeness (QED) is 0.765. The predicted molar refractivity (Wildman–Crippen MR) is 80.5 cm³/mol. The van der Waals surface area contributed by atoms with Crippen molar-refractivity contribution in [1.29, 1.82) is 0 Å². The number of methoxy groups -OCH3 is 2. The van der Waals surface area contributed by atoms with Crippen molar-refractivity contribution in [2.75, 3.05) is 27.3 Å². The zero-order valence-corrected chi connectivity index (χ0v) is 13.4. The molecule has 0 bridgehead atoms. The van der Waals surface area contributed by atoms with Gasteiger partial charge in [0.2, 0.25) is 10.0 Å². The summed E-state index contributed by atoms with van der Waals surface area (Å²) < 4.78 is 37.2.